The monoisotopic (exact) mass is 260 g/mol. The molecule has 1 aliphatic rings. The first-order valence-corrected chi connectivity index (χ1v) is 7.17. The molecule has 1 aromatic carbocycles. The van der Waals surface area contributed by atoms with Gasteiger partial charge in [0.2, 0.25) is 5.91 Å². The zero-order valence-corrected chi connectivity index (χ0v) is 11.8. The minimum atomic E-state index is -0.561. The number of carbonyl (C=O) groups excluding carboxylic acids is 1. The number of rotatable bonds is 3. The molecule has 0 saturated heterocycles. The SMILES string of the molecule is CC1CC(C)CC(NC(=O)C(N)c2ccccc2)C1. The summed E-state index contributed by atoms with van der Waals surface area (Å²) in [5, 5.41) is 3.11. The molecule has 0 bridgehead atoms. The predicted molar refractivity (Wildman–Crippen MR) is 77.5 cm³/mol. The maximum absolute atomic E-state index is 12.2. The average Bonchev–Trinajstić information content (AvgIpc) is 2.37. The van der Waals surface area contributed by atoms with Crippen LogP contribution in [0, 0.1) is 11.8 Å². The lowest BCUT2D eigenvalue weighted by atomic mass is 9.80. The predicted octanol–water partition coefficient (Wildman–Crippen LogP) is 2.63. The standard InChI is InChI=1S/C16H24N2O/c1-11-8-12(2)10-14(9-11)18-16(19)15(17)13-6-4-3-5-7-13/h3-7,11-12,14-15H,8-10,17H2,1-2H3,(H,18,19). The second-order valence-corrected chi connectivity index (χ2v) is 6.01. The molecule has 3 nitrogen and oxygen atoms in total. The lowest BCUT2D eigenvalue weighted by Crippen LogP contribution is -2.44. The molecule has 1 saturated carbocycles. The smallest absolute Gasteiger partial charge is 0.241 e. The maximum atomic E-state index is 12.2. The summed E-state index contributed by atoms with van der Waals surface area (Å²) in [5.41, 5.74) is 6.89. The topological polar surface area (TPSA) is 55.1 Å². The zero-order chi connectivity index (χ0) is 13.8. The highest BCUT2D eigenvalue weighted by Crippen LogP contribution is 2.28. The highest BCUT2D eigenvalue weighted by Gasteiger charge is 2.26. The van der Waals surface area contributed by atoms with Gasteiger partial charge in [-0.15, -0.1) is 0 Å². The number of nitrogens with two attached hydrogens (primary N) is 1. The highest BCUT2D eigenvalue weighted by molar-refractivity contribution is 5.83. The Morgan fingerprint density at radius 1 is 1.16 bits per heavy atom. The fraction of sp³-hybridized carbons (Fsp3) is 0.562. The molecular formula is C16H24N2O. The van der Waals surface area contributed by atoms with Gasteiger partial charge in [-0.25, -0.2) is 0 Å². The van der Waals surface area contributed by atoms with Gasteiger partial charge < -0.3 is 11.1 Å². The van der Waals surface area contributed by atoms with Crippen molar-refractivity contribution in [3.05, 3.63) is 35.9 Å². The van der Waals surface area contributed by atoms with Crippen LogP contribution in [0.5, 0.6) is 0 Å². The van der Waals surface area contributed by atoms with Crippen LogP contribution in [0.1, 0.15) is 44.7 Å². The van der Waals surface area contributed by atoms with Crippen LogP contribution in [0.25, 0.3) is 0 Å². The van der Waals surface area contributed by atoms with E-state index in [4.69, 9.17) is 5.73 Å². The molecule has 0 spiro atoms. The average molecular weight is 260 g/mol. The molecule has 3 heteroatoms. The summed E-state index contributed by atoms with van der Waals surface area (Å²) >= 11 is 0. The highest BCUT2D eigenvalue weighted by atomic mass is 16.2. The fourth-order valence-electron chi connectivity index (χ4n) is 3.17. The summed E-state index contributed by atoms with van der Waals surface area (Å²) in [4.78, 5) is 12.2. The Bertz CT molecular complexity index is 408. The summed E-state index contributed by atoms with van der Waals surface area (Å²) in [6, 6.07) is 9.26. The maximum Gasteiger partial charge on any atom is 0.241 e. The second-order valence-electron chi connectivity index (χ2n) is 6.01. The largest absolute Gasteiger partial charge is 0.352 e. The third kappa shape index (κ3) is 3.80. The van der Waals surface area contributed by atoms with E-state index in [0.29, 0.717) is 11.8 Å². The van der Waals surface area contributed by atoms with Crippen molar-refractivity contribution in [3.8, 4) is 0 Å². The molecule has 3 N–H and O–H groups in total. The normalized spacial score (nSPS) is 28.7. The van der Waals surface area contributed by atoms with Gasteiger partial charge in [0.1, 0.15) is 6.04 Å². The molecule has 3 atom stereocenters. The van der Waals surface area contributed by atoms with E-state index in [2.05, 4.69) is 19.2 Å². The van der Waals surface area contributed by atoms with Crippen molar-refractivity contribution in [3.63, 3.8) is 0 Å². The molecule has 2 rings (SSSR count). The molecule has 0 aromatic heterocycles. The van der Waals surface area contributed by atoms with E-state index in [0.717, 1.165) is 18.4 Å². The molecule has 1 aliphatic carbocycles. The minimum Gasteiger partial charge on any atom is -0.352 e. The Balaban J connectivity index is 1.93. The lowest BCUT2D eigenvalue weighted by Gasteiger charge is -2.32. The van der Waals surface area contributed by atoms with Gasteiger partial charge in [0, 0.05) is 6.04 Å². The van der Waals surface area contributed by atoms with Gasteiger partial charge in [0.25, 0.3) is 0 Å². The first-order chi connectivity index (χ1) is 9.06. The Morgan fingerprint density at radius 3 is 2.32 bits per heavy atom. The molecule has 0 aliphatic heterocycles. The number of carbonyl (C=O) groups is 1. The van der Waals surface area contributed by atoms with Crippen molar-refractivity contribution in [1.82, 2.24) is 5.32 Å². The molecule has 1 amide bonds. The van der Waals surface area contributed by atoms with Crippen LogP contribution in [0.4, 0.5) is 0 Å². The van der Waals surface area contributed by atoms with Gasteiger partial charge in [-0.2, -0.15) is 0 Å². The molecule has 0 radical (unpaired) electrons. The number of hydrogen-bond donors (Lipinski definition) is 2. The third-order valence-electron chi connectivity index (χ3n) is 3.97. The van der Waals surface area contributed by atoms with Crippen LogP contribution < -0.4 is 11.1 Å². The summed E-state index contributed by atoms with van der Waals surface area (Å²) in [5.74, 6) is 1.31. The van der Waals surface area contributed by atoms with Crippen LogP contribution in [0.15, 0.2) is 30.3 Å². The van der Waals surface area contributed by atoms with Gasteiger partial charge in [-0.1, -0.05) is 44.2 Å². The van der Waals surface area contributed by atoms with E-state index in [1.807, 2.05) is 30.3 Å². The summed E-state index contributed by atoms with van der Waals surface area (Å²) in [7, 11) is 0. The van der Waals surface area contributed by atoms with Gasteiger partial charge in [0.15, 0.2) is 0 Å². The molecule has 3 unspecified atom stereocenters. The van der Waals surface area contributed by atoms with Crippen molar-refractivity contribution >= 4 is 5.91 Å². The van der Waals surface area contributed by atoms with Crippen molar-refractivity contribution in [1.29, 1.82) is 0 Å². The Hall–Kier alpha value is -1.35. The molecule has 19 heavy (non-hydrogen) atoms. The minimum absolute atomic E-state index is 0.0579. The second kappa shape index (κ2) is 6.20. The summed E-state index contributed by atoms with van der Waals surface area (Å²) < 4.78 is 0. The number of hydrogen-bond acceptors (Lipinski definition) is 2. The first kappa shape index (κ1) is 14.1. The molecule has 1 fully saturated rings. The summed E-state index contributed by atoms with van der Waals surface area (Å²) in [6.07, 6.45) is 3.40. The zero-order valence-electron chi connectivity index (χ0n) is 11.8. The van der Waals surface area contributed by atoms with E-state index in [1.54, 1.807) is 0 Å². The van der Waals surface area contributed by atoms with Crippen LogP contribution in [-0.4, -0.2) is 11.9 Å². The molecule has 104 valence electrons. The molecule has 0 heterocycles. The molecular weight excluding hydrogens is 236 g/mol. The lowest BCUT2D eigenvalue weighted by molar-refractivity contribution is -0.123. The van der Waals surface area contributed by atoms with Gasteiger partial charge in [-0.05, 0) is 36.7 Å². The van der Waals surface area contributed by atoms with Crippen molar-refractivity contribution in [2.75, 3.05) is 0 Å². The molecule has 1 aromatic rings. The van der Waals surface area contributed by atoms with E-state index >= 15 is 0 Å². The number of benzene rings is 1. The van der Waals surface area contributed by atoms with Crippen molar-refractivity contribution < 1.29 is 4.79 Å². The van der Waals surface area contributed by atoms with Gasteiger partial charge in [-0.3, -0.25) is 4.79 Å². The Morgan fingerprint density at radius 2 is 1.74 bits per heavy atom. The van der Waals surface area contributed by atoms with E-state index in [9.17, 15) is 4.79 Å². The van der Waals surface area contributed by atoms with Crippen LogP contribution in [0.2, 0.25) is 0 Å². The Labute approximate surface area is 115 Å². The van der Waals surface area contributed by atoms with Crippen LogP contribution in [-0.2, 0) is 4.79 Å². The quantitative estimate of drug-likeness (QED) is 0.877. The fourth-order valence-corrected chi connectivity index (χ4v) is 3.17. The van der Waals surface area contributed by atoms with Crippen LogP contribution >= 0.6 is 0 Å². The van der Waals surface area contributed by atoms with E-state index < -0.39 is 6.04 Å². The van der Waals surface area contributed by atoms with Crippen molar-refractivity contribution in [2.24, 2.45) is 17.6 Å². The van der Waals surface area contributed by atoms with Gasteiger partial charge in [0.05, 0.1) is 0 Å². The first-order valence-electron chi connectivity index (χ1n) is 7.17. The van der Waals surface area contributed by atoms with E-state index in [1.165, 1.54) is 6.42 Å². The number of nitrogens with one attached hydrogen (secondary N) is 1. The van der Waals surface area contributed by atoms with E-state index in [-0.39, 0.29) is 11.9 Å². The Kier molecular flexibility index (Phi) is 4.59. The number of amides is 1. The van der Waals surface area contributed by atoms with Crippen molar-refractivity contribution in [2.45, 2.75) is 45.2 Å². The van der Waals surface area contributed by atoms with Crippen LogP contribution in [0.3, 0.4) is 0 Å². The third-order valence-corrected chi connectivity index (χ3v) is 3.97. The summed E-state index contributed by atoms with van der Waals surface area (Å²) in [6.45, 7) is 4.51. The van der Waals surface area contributed by atoms with Gasteiger partial charge >= 0.3 is 0 Å².